The molecule has 0 aliphatic rings. The van der Waals surface area contributed by atoms with Gasteiger partial charge < -0.3 is 15.6 Å². The molecular weight excluding hydrogens is 230 g/mol. The van der Waals surface area contributed by atoms with Crippen molar-refractivity contribution in [2.45, 2.75) is 32.2 Å². The molecule has 1 atom stereocenters. The predicted molar refractivity (Wildman–Crippen MR) is 71.1 cm³/mol. The first-order chi connectivity index (χ1) is 8.31. The van der Waals surface area contributed by atoms with Crippen molar-refractivity contribution in [1.82, 2.24) is 0 Å². The molecule has 0 heterocycles. The first-order valence-corrected chi connectivity index (χ1v) is 5.90. The van der Waals surface area contributed by atoms with Crippen molar-refractivity contribution in [3.05, 3.63) is 29.3 Å². The fourth-order valence-corrected chi connectivity index (χ4v) is 1.65. The number of hydrogen-bond acceptors (Lipinski definition) is 4. The number of hydrogen-bond donors (Lipinski definition) is 2. The second-order valence-electron chi connectivity index (χ2n) is 5.32. The highest BCUT2D eigenvalue weighted by Gasteiger charge is 2.22. The zero-order valence-electron chi connectivity index (χ0n) is 11.4. The number of rotatable bonds is 4. The van der Waals surface area contributed by atoms with Gasteiger partial charge in [0.2, 0.25) is 0 Å². The molecule has 1 rings (SSSR count). The molecule has 0 saturated carbocycles. The summed E-state index contributed by atoms with van der Waals surface area (Å²) in [6.07, 6.45) is 0. The third kappa shape index (κ3) is 3.09. The number of carbonyl (C=O) groups is 1. The van der Waals surface area contributed by atoms with Crippen LogP contribution in [0.5, 0.6) is 5.75 Å². The molecule has 0 spiro atoms. The molecule has 1 aromatic carbocycles. The first-order valence-electron chi connectivity index (χ1n) is 5.90. The van der Waals surface area contributed by atoms with Gasteiger partial charge in [0, 0.05) is 0 Å². The van der Waals surface area contributed by atoms with Gasteiger partial charge >= 0.3 is 0 Å². The molecule has 3 N–H and O–H groups in total. The molecule has 4 nitrogen and oxygen atoms in total. The Labute approximate surface area is 108 Å². The number of Topliss-reactive ketones (excluding diaryl/α,β-unsaturated/α-hetero) is 1. The summed E-state index contributed by atoms with van der Waals surface area (Å²) in [5.41, 5.74) is 6.96. The maximum Gasteiger partial charge on any atom is 0.185 e. The van der Waals surface area contributed by atoms with Crippen molar-refractivity contribution < 1.29 is 14.6 Å². The molecule has 0 aromatic heterocycles. The van der Waals surface area contributed by atoms with Gasteiger partial charge in [-0.2, -0.15) is 0 Å². The van der Waals surface area contributed by atoms with Crippen molar-refractivity contribution in [3.8, 4) is 5.75 Å². The molecule has 18 heavy (non-hydrogen) atoms. The lowest BCUT2D eigenvalue weighted by Gasteiger charge is -2.21. The van der Waals surface area contributed by atoms with E-state index in [9.17, 15) is 4.79 Å². The van der Waals surface area contributed by atoms with E-state index in [2.05, 4.69) is 20.8 Å². The van der Waals surface area contributed by atoms with Crippen LogP contribution in [0, 0.1) is 0 Å². The normalized spacial score (nSPS) is 13.2. The monoisotopic (exact) mass is 251 g/mol. The quantitative estimate of drug-likeness (QED) is 0.795. The number of methoxy groups -OCH3 is 1. The Morgan fingerprint density at radius 1 is 1.44 bits per heavy atom. The van der Waals surface area contributed by atoms with Crippen LogP contribution in [0.15, 0.2) is 18.2 Å². The average molecular weight is 251 g/mol. The van der Waals surface area contributed by atoms with Crippen molar-refractivity contribution in [2.24, 2.45) is 5.73 Å². The van der Waals surface area contributed by atoms with Gasteiger partial charge in [0.1, 0.15) is 5.75 Å². The molecule has 1 aromatic rings. The van der Waals surface area contributed by atoms with Crippen LogP contribution >= 0.6 is 0 Å². The van der Waals surface area contributed by atoms with E-state index in [1.807, 2.05) is 6.07 Å². The van der Waals surface area contributed by atoms with Crippen molar-refractivity contribution in [1.29, 1.82) is 0 Å². The Kier molecular flexibility index (Phi) is 4.48. The highest BCUT2D eigenvalue weighted by Crippen LogP contribution is 2.28. The summed E-state index contributed by atoms with van der Waals surface area (Å²) in [4.78, 5) is 12.1. The third-order valence-electron chi connectivity index (χ3n) is 2.86. The molecule has 1 unspecified atom stereocenters. The number of benzene rings is 1. The fourth-order valence-electron chi connectivity index (χ4n) is 1.65. The molecule has 100 valence electrons. The number of aliphatic hydroxyl groups excluding tert-OH is 1. The standard InChI is InChI=1S/C14H21NO3/c1-14(2,3)9-5-6-12(18-4)10(7-9)13(17)11(15)8-16/h5-7,11,16H,8,15H2,1-4H3. The van der Waals surface area contributed by atoms with Gasteiger partial charge in [-0.1, -0.05) is 26.8 Å². The molecule has 0 bridgehead atoms. The third-order valence-corrected chi connectivity index (χ3v) is 2.86. The van der Waals surface area contributed by atoms with E-state index in [0.29, 0.717) is 11.3 Å². The van der Waals surface area contributed by atoms with E-state index < -0.39 is 6.04 Å². The number of nitrogens with two attached hydrogens (primary N) is 1. The smallest absolute Gasteiger partial charge is 0.185 e. The zero-order chi connectivity index (χ0) is 13.9. The van der Waals surface area contributed by atoms with Gasteiger partial charge in [-0.05, 0) is 23.1 Å². The number of carbonyl (C=O) groups excluding carboxylic acids is 1. The lowest BCUT2D eigenvalue weighted by Crippen LogP contribution is -2.34. The molecule has 0 fully saturated rings. The second-order valence-corrected chi connectivity index (χ2v) is 5.32. The Hall–Kier alpha value is -1.39. The van der Waals surface area contributed by atoms with Crippen LogP contribution in [0.4, 0.5) is 0 Å². The molecular formula is C14H21NO3. The molecule has 0 aliphatic carbocycles. The van der Waals surface area contributed by atoms with Gasteiger partial charge in [0.25, 0.3) is 0 Å². The highest BCUT2D eigenvalue weighted by molar-refractivity contribution is 6.02. The van der Waals surface area contributed by atoms with Crippen LogP contribution in [-0.4, -0.2) is 30.6 Å². The Balaban J connectivity index is 3.27. The van der Waals surface area contributed by atoms with Gasteiger partial charge in [0.05, 0.1) is 25.3 Å². The highest BCUT2D eigenvalue weighted by atomic mass is 16.5. The van der Waals surface area contributed by atoms with Crippen molar-refractivity contribution in [2.75, 3.05) is 13.7 Å². The maximum absolute atomic E-state index is 12.1. The van der Waals surface area contributed by atoms with E-state index >= 15 is 0 Å². The second kappa shape index (κ2) is 5.50. The van der Waals surface area contributed by atoms with E-state index in [-0.39, 0.29) is 17.8 Å². The molecule has 0 aliphatic heterocycles. The van der Waals surface area contributed by atoms with Crippen LogP contribution in [0.2, 0.25) is 0 Å². The fraction of sp³-hybridized carbons (Fsp3) is 0.500. The molecule has 0 radical (unpaired) electrons. The van der Waals surface area contributed by atoms with Gasteiger partial charge in [-0.15, -0.1) is 0 Å². The topological polar surface area (TPSA) is 72.5 Å². The van der Waals surface area contributed by atoms with E-state index in [4.69, 9.17) is 15.6 Å². The summed E-state index contributed by atoms with van der Waals surface area (Å²) >= 11 is 0. The number of ether oxygens (including phenoxy) is 1. The largest absolute Gasteiger partial charge is 0.496 e. The summed E-state index contributed by atoms with van der Waals surface area (Å²) < 4.78 is 5.17. The van der Waals surface area contributed by atoms with Crippen molar-refractivity contribution >= 4 is 5.78 Å². The zero-order valence-corrected chi connectivity index (χ0v) is 11.4. The lowest BCUT2D eigenvalue weighted by molar-refractivity contribution is 0.0922. The predicted octanol–water partition coefficient (Wildman–Crippen LogP) is 1.50. The summed E-state index contributed by atoms with van der Waals surface area (Å²) in [5, 5.41) is 8.97. The lowest BCUT2D eigenvalue weighted by atomic mass is 9.85. The Morgan fingerprint density at radius 2 is 2.06 bits per heavy atom. The van der Waals surface area contributed by atoms with Crippen LogP contribution in [0.25, 0.3) is 0 Å². The number of ketones is 1. The summed E-state index contributed by atoms with van der Waals surface area (Å²) in [6.45, 7) is 5.82. The molecule has 0 saturated heterocycles. The van der Waals surface area contributed by atoms with Crippen LogP contribution < -0.4 is 10.5 Å². The first kappa shape index (κ1) is 14.7. The molecule has 4 heteroatoms. The van der Waals surface area contributed by atoms with E-state index in [0.717, 1.165) is 5.56 Å². The summed E-state index contributed by atoms with van der Waals surface area (Å²) in [5.74, 6) is 0.178. The van der Waals surface area contributed by atoms with Crippen LogP contribution in [-0.2, 0) is 5.41 Å². The molecule has 0 amide bonds. The van der Waals surface area contributed by atoms with Crippen LogP contribution in [0.3, 0.4) is 0 Å². The minimum Gasteiger partial charge on any atom is -0.496 e. The summed E-state index contributed by atoms with van der Waals surface area (Å²) in [6, 6.07) is 4.57. The minimum atomic E-state index is -0.908. The van der Waals surface area contributed by atoms with Gasteiger partial charge in [-0.25, -0.2) is 0 Å². The summed E-state index contributed by atoms with van der Waals surface area (Å²) in [7, 11) is 1.51. The van der Waals surface area contributed by atoms with Gasteiger partial charge in [-0.3, -0.25) is 4.79 Å². The average Bonchev–Trinajstić information content (AvgIpc) is 2.35. The van der Waals surface area contributed by atoms with Crippen molar-refractivity contribution in [3.63, 3.8) is 0 Å². The van der Waals surface area contributed by atoms with Gasteiger partial charge in [0.15, 0.2) is 5.78 Å². The van der Waals surface area contributed by atoms with E-state index in [1.165, 1.54) is 7.11 Å². The Bertz CT molecular complexity index is 435. The maximum atomic E-state index is 12.1. The Morgan fingerprint density at radius 3 is 2.50 bits per heavy atom. The SMILES string of the molecule is COc1ccc(C(C)(C)C)cc1C(=O)C(N)CO. The number of aliphatic hydroxyl groups is 1. The van der Waals surface area contributed by atoms with Crippen LogP contribution in [0.1, 0.15) is 36.7 Å². The van der Waals surface area contributed by atoms with E-state index in [1.54, 1.807) is 12.1 Å². The minimum absolute atomic E-state index is 0.0649.